The molecular formula is C21H20N2O3. The van der Waals surface area contributed by atoms with Gasteiger partial charge in [0.2, 0.25) is 0 Å². The molecule has 0 radical (unpaired) electrons. The number of carbonyl (C=O) groups is 2. The Morgan fingerprint density at radius 1 is 1.04 bits per heavy atom. The average Bonchev–Trinajstić information content (AvgIpc) is 2.60. The lowest BCUT2D eigenvalue weighted by Crippen LogP contribution is -2.13. The van der Waals surface area contributed by atoms with Crippen LogP contribution < -0.4 is 10.5 Å². The molecule has 0 aliphatic rings. The van der Waals surface area contributed by atoms with Crippen molar-refractivity contribution in [3.8, 4) is 11.8 Å². The summed E-state index contributed by atoms with van der Waals surface area (Å²) in [5, 5.41) is 8.84. The van der Waals surface area contributed by atoms with Gasteiger partial charge < -0.3 is 10.5 Å². The average molecular weight is 348 g/mol. The second-order valence-electron chi connectivity index (χ2n) is 6.82. The number of nitrogens with two attached hydrogens (primary N) is 1. The Bertz CT molecular complexity index is 881. The smallest absolute Gasteiger partial charge is 0.343 e. The van der Waals surface area contributed by atoms with Crippen LogP contribution in [-0.2, 0) is 10.2 Å². The maximum atomic E-state index is 12.2. The molecule has 0 aliphatic carbocycles. The summed E-state index contributed by atoms with van der Waals surface area (Å²) in [6.07, 6.45) is 1.37. The van der Waals surface area contributed by atoms with E-state index in [2.05, 4.69) is 20.8 Å². The van der Waals surface area contributed by atoms with Crippen molar-refractivity contribution in [2.24, 2.45) is 5.73 Å². The Labute approximate surface area is 152 Å². The standard InChI is InChI=1S/C21H20N2O3/c1-21(2,3)17-8-6-15(7-9-17)20(25)26-18-10-4-14(5-11-18)12-16(13-22)19(23)24/h4-12H,1-3H3,(H2,23,24)/b16-12+. The minimum absolute atomic E-state index is 0.0129. The Morgan fingerprint density at radius 3 is 2.08 bits per heavy atom. The highest BCUT2D eigenvalue weighted by molar-refractivity contribution is 6.00. The SMILES string of the molecule is CC(C)(C)c1ccc(C(=O)Oc2ccc(/C=C(\C#N)C(N)=O)cc2)cc1. The number of hydrogen-bond donors (Lipinski definition) is 1. The van der Waals surface area contributed by atoms with Gasteiger partial charge in [0.1, 0.15) is 17.4 Å². The summed E-state index contributed by atoms with van der Waals surface area (Å²) in [6, 6.07) is 15.5. The molecular weight excluding hydrogens is 328 g/mol. The third-order valence-corrected chi connectivity index (χ3v) is 3.77. The molecule has 0 fully saturated rings. The van der Waals surface area contributed by atoms with E-state index >= 15 is 0 Å². The number of rotatable bonds is 4. The molecule has 5 heteroatoms. The van der Waals surface area contributed by atoms with Gasteiger partial charge in [0, 0.05) is 0 Å². The van der Waals surface area contributed by atoms with Crippen LogP contribution in [-0.4, -0.2) is 11.9 Å². The highest BCUT2D eigenvalue weighted by atomic mass is 16.5. The molecule has 132 valence electrons. The number of carbonyl (C=O) groups excluding carboxylic acids is 2. The minimum atomic E-state index is -0.790. The number of nitriles is 1. The van der Waals surface area contributed by atoms with E-state index in [9.17, 15) is 9.59 Å². The fourth-order valence-electron chi connectivity index (χ4n) is 2.23. The zero-order valence-corrected chi connectivity index (χ0v) is 14.9. The topological polar surface area (TPSA) is 93.2 Å². The van der Waals surface area contributed by atoms with Gasteiger partial charge >= 0.3 is 5.97 Å². The van der Waals surface area contributed by atoms with Crippen LogP contribution in [0.5, 0.6) is 5.75 Å². The predicted octanol–water partition coefficient (Wildman–Crippen LogP) is 3.60. The number of esters is 1. The number of primary amides is 1. The first-order chi connectivity index (χ1) is 12.2. The second kappa shape index (κ2) is 7.66. The summed E-state index contributed by atoms with van der Waals surface area (Å²) in [6.45, 7) is 6.31. The van der Waals surface area contributed by atoms with Crippen LogP contribution in [0.25, 0.3) is 6.08 Å². The monoisotopic (exact) mass is 348 g/mol. The predicted molar refractivity (Wildman–Crippen MR) is 99.3 cm³/mol. The molecule has 0 atom stereocenters. The number of amides is 1. The maximum absolute atomic E-state index is 12.2. The van der Waals surface area contributed by atoms with Crippen LogP contribution in [0.4, 0.5) is 0 Å². The largest absolute Gasteiger partial charge is 0.423 e. The number of hydrogen-bond acceptors (Lipinski definition) is 4. The molecule has 26 heavy (non-hydrogen) atoms. The molecule has 2 aromatic rings. The van der Waals surface area contributed by atoms with Crippen LogP contribution >= 0.6 is 0 Å². The van der Waals surface area contributed by atoms with E-state index in [1.165, 1.54) is 6.08 Å². The van der Waals surface area contributed by atoms with Gasteiger partial charge in [0.05, 0.1) is 5.56 Å². The first kappa shape index (κ1) is 18.9. The van der Waals surface area contributed by atoms with E-state index in [0.717, 1.165) is 5.56 Å². The third kappa shape index (κ3) is 4.81. The van der Waals surface area contributed by atoms with Crippen LogP contribution in [0.3, 0.4) is 0 Å². The molecule has 5 nitrogen and oxygen atoms in total. The van der Waals surface area contributed by atoms with Gasteiger partial charge in [-0.05, 0) is 46.9 Å². The van der Waals surface area contributed by atoms with Gasteiger partial charge in [-0.25, -0.2) is 4.79 Å². The highest BCUT2D eigenvalue weighted by Gasteiger charge is 2.15. The summed E-state index contributed by atoms with van der Waals surface area (Å²) < 4.78 is 5.34. The van der Waals surface area contributed by atoms with Gasteiger partial charge in [-0.3, -0.25) is 4.79 Å². The summed E-state index contributed by atoms with van der Waals surface area (Å²) in [4.78, 5) is 23.3. The second-order valence-corrected chi connectivity index (χ2v) is 6.82. The molecule has 2 N–H and O–H groups in total. The highest BCUT2D eigenvalue weighted by Crippen LogP contribution is 2.23. The van der Waals surface area contributed by atoms with Crippen molar-refractivity contribution in [2.75, 3.05) is 0 Å². The van der Waals surface area contributed by atoms with Crippen molar-refractivity contribution in [1.29, 1.82) is 5.26 Å². The van der Waals surface area contributed by atoms with E-state index < -0.39 is 11.9 Å². The van der Waals surface area contributed by atoms with E-state index in [1.54, 1.807) is 42.5 Å². The molecule has 0 saturated heterocycles. The lowest BCUT2D eigenvalue weighted by atomic mass is 9.87. The summed E-state index contributed by atoms with van der Waals surface area (Å²) in [5.41, 5.74) is 7.16. The van der Waals surface area contributed by atoms with Gasteiger partial charge in [-0.1, -0.05) is 45.0 Å². The molecule has 0 saturated carbocycles. The molecule has 0 unspecified atom stereocenters. The lowest BCUT2D eigenvalue weighted by Gasteiger charge is -2.18. The van der Waals surface area contributed by atoms with Crippen LogP contribution in [0.15, 0.2) is 54.1 Å². The molecule has 0 aliphatic heterocycles. The Kier molecular flexibility index (Phi) is 5.58. The molecule has 1 amide bonds. The van der Waals surface area contributed by atoms with Crippen LogP contribution in [0, 0.1) is 11.3 Å². The van der Waals surface area contributed by atoms with Crippen molar-refractivity contribution >= 4 is 18.0 Å². The number of benzene rings is 2. The Morgan fingerprint density at radius 2 is 1.62 bits per heavy atom. The summed E-state index contributed by atoms with van der Waals surface area (Å²) in [5.74, 6) is -0.880. The van der Waals surface area contributed by atoms with Crippen molar-refractivity contribution < 1.29 is 14.3 Å². The van der Waals surface area contributed by atoms with Gasteiger partial charge in [0.15, 0.2) is 0 Å². The Hall–Kier alpha value is -3.39. The summed E-state index contributed by atoms with van der Waals surface area (Å²) >= 11 is 0. The number of ether oxygens (including phenoxy) is 1. The lowest BCUT2D eigenvalue weighted by molar-refractivity contribution is -0.114. The van der Waals surface area contributed by atoms with E-state index in [0.29, 0.717) is 16.9 Å². The fourth-order valence-corrected chi connectivity index (χ4v) is 2.23. The fraction of sp³-hybridized carbons (Fsp3) is 0.190. The first-order valence-electron chi connectivity index (χ1n) is 8.05. The zero-order chi connectivity index (χ0) is 19.3. The van der Waals surface area contributed by atoms with Crippen LogP contribution in [0.1, 0.15) is 42.3 Å². The molecule has 0 heterocycles. The van der Waals surface area contributed by atoms with E-state index in [4.69, 9.17) is 15.7 Å². The van der Waals surface area contributed by atoms with Crippen molar-refractivity contribution in [2.45, 2.75) is 26.2 Å². The molecule has 2 rings (SSSR count). The van der Waals surface area contributed by atoms with Gasteiger partial charge in [-0.2, -0.15) is 5.26 Å². The van der Waals surface area contributed by atoms with Gasteiger partial charge in [-0.15, -0.1) is 0 Å². The van der Waals surface area contributed by atoms with Crippen molar-refractivity contribution in [1.82, 2.24) is 0 Å². The molecule has 0 bridgehead atoms. The minimum Gasteiger partial charge on any atom is -0.423 e. The zero-order valence-electron chi connectivity index (χ0n) is 14.9. The molecule has 2 aromatic carbocycles. The van der Waals surface area contributed by atoms with Crippen molar-refractivity contribution in [3.05, 3.63) is 70.8 Å². The summed E-state index contributed by atoms with van der Waals surface area (Å²) in [7, 11) is 0. The molecule has 0 spiro atoms. The third-order valence-electron chi connectivity index (χ3n) is 3.77. The van der Waals surface area contributed by atoms with E-state index in [1.807, 2.05) is 12.1 Å². The quantitative estimate of drug-likeness (QED) is 0.395. The molecule has 0 aromatic heterocycles. The maximum Gasteiger partial charge on any atom is 0.343 e. The van der Waals surface area contributed by atoms with Gasteiger partial charge in [0.25, 0.3) is 5.91 Å². The first-order valence-corrected chi connectivity index (χ1v) is 8.05. The normalized spacial score (nSPS) is 11.5. The number of nitrogens with zero attached hydrogens (tertiary/aromatic N) is 1. The van der Waals surface area contributed by atoms with E-state index in [-0.39, 0.29) is 11.0 Å². The Balaban J connectivity index is 2.10. The van der Waals surface area contributed by atoms with Crippen molar-refractivity contribution in [3.63, 3.8) is 0 Å². The van der Waals surface area contributed by atoms with Crippen LogP contribution in [0.2, 0.25) is 0 Å².